The molecule has 0 aliphatic heterocycles. The molecule has 2 aromatic rings. The number of nitrogens with one attached hydrogen (secondary N) is 1. The summed E-state index contributed by atoms with van der Waals surface area (Å²) in [6.07, 6.45) is 0.901. The van der Waals surface area contributed by atoms with Crippen molar-refractivity contribution in [1.29, 1.82) is 0 Å². The van der Waals surface area contributed by atoms with Crippen LogP contribution in [0.15, 0.2) is 16.0 Å². The van der Waals surface area contributed by atoms with E-state index in [9.17, 15) is 9.59 Å². The predicted octanol–water partition coefficient (Wildman–Crippen LogP) is 2.33. The van der Waals surface area contributed by atoms with E-state index < -0.39 is 0 Å². The molecule has 0 spiro atoms. The molecular weight excluding hydrogens is 348 g/mol. The van der Waals surface area contributed by atoms with Gasteiger partial charge in [0.2, 0.25) is 11.8 Å². The Balaban J connectivity index is 1.69. The van der Waals surface area contributed by atoms with E-state index in [1.807, 2.05) is 5.38 Å². The van der Waals surface area contributed by atoms with Crippen LogP contribution in [0.2, 0.25) is 0 Å². The van der Waals surface area contributed by atoms with Crippen molar-refractivity contribution in [3.05, 3.63) is 27.9 Å². The Kier molecular flexibility index (Phi) is 6.80. The molecule has 2 aromatic heterocycles. The normalized spacial score (nSPS) is 10.6. The number of thioether (sulfide) groups is 1. The summed E-state index contributed by atoms with van der Waals surface area (Å²) < 4.78 is 4.87. The van der Waals surface area contributed by atoms with E-state index in [1.165, 1.54) is 11.8 Å². The summed E-state index contributed by atoms with van der Waals surface area (Å²) in [5.74, 6) is 1.20. The molecule has 24 heavy (non-hydrogen) atoms. The van der Waals surface area contributed by atoms with E-state index >= 15 is 0 Å². The van der Waals surface area contributed by atoms with Gasteiger partial charge in [-0.05, 0) is 13.3 Å². The Bertz CT molecular complexity index is 698. The van der Waals surface area contributed by atoms with Crippen molar-refractivity contribution >= 4 is 40.7 Å². The summed E-state index contributed by atoms with van der Waals surface area (Å²) in [5, 5.41) is 9.35. The van der Waals surface area contributed by atoms with Crippen LogP contribution >= 0.6 is 23.1 Å². The minimum Gasteiger partial charge on any atom is -0.360 e. The molecular formula is C15H20N4O3S2. The number of hydrogen-bond acceptors (Lipinski definition) is 7. The van der Waals surface area contributed by atoms with Gasteiger partial charge in [0.05, 0.1) is 28.8 Å². The molecule has 0 saturated carbocycles. The zero-order valence-electron chi connectivity index (χ0n) is 13.9. The SMILES string of the molecule is CCc1nc(CN(C)C(=O)CSCC(=O)Nc2cc(C)on2)cs1. The smallest absolute Gasteiger partial charge is 0.235 e. The maximum atomic E-state index is 12.1. The third-order valence-corrected chi connectivity index (χ3v) is 5.04. The molecule has 2 amide bonds. The van der Waals surface area contributed by atoms with Gasteiger partial charge < -0.3 is 14.7 Å². The maximum absolute atomic E-state index is 12.1. The van der Waals surface area contributed by atoms with E-state index in [2.05, 4.69) is 22.4 Å². The summed E-state index contributed by atoms with van der Waals surface area (Å²) in [6, 6.07) is 1.64. The number of anilines is 1. The lowest BCUT2D eigenvalue weighted by atomic mass is 10.4. The third kappa shape index (κ3) is 5.64. The maximum Gasteiger partial charge on any atom is 0.235 e. The number of aromatic nitrogens is 2. The van der Waals surface area contributed by atoms with Crippen LogP contribution in [-0.2, 0) is 22.6 Å². The largest absolute Gasteiger partial charge is 0.360 e. The molecule has 0 aromatic carbocycles. The van der Waals surface area contributed by atoms with Gasteiger partial charge in [0.25, 0.3) is 0 Å². The first-order valence-electron chi connectivity index (χ1n) is 7.46. The summed E-state index contributed by atoms with van der Waals surface area (Å²) in [4.78, 5) is 29.9. The molecule has 130 valence electrons. The standard InChI is InChI=1S/C15H20N4O3S2/c1-4-14-16-11(7-24-14)6-19(3)15(21)9-23-8-13(20)17-12-5-10(2)22-18-12/h5,7H,4,6,8-9H2,1-3H3,(H,17,18,20). The highest BCUT2D eigenvalue weighted by molar-refractivity contribution is 8.00. The zero-order valence-corrected chi connectivity index (χ0v) is 15.5. The Morgan fingerprint density at radius 2 is 2.21 bits per heavy atom. The van der Waals surface area contributed by atoms with Gasteiger partial charge in [-0.2, -0.15) is 0 Å². The van der Waals surface area contributed by atoms with Gasteiger partial charge in [-0.3, -0.25) is 9.59 Å². The molecule has 0 radical (unpaired) electrons. The molecule has 0 atom stereocenters. The lowest BCUT2D eigenvalue weighted by Crippen LogP contribution is -2.28. The number of aryl methyl sites for hydroxylation is 2. The Morgan fingerprint density at radius 1 is 1.42 bits per heavy atom. The molecule has 1 N–H and O–H groups in total. The molecule has 2 rings (SSSR count). The lowest BCUT2D eigenvalue weighted by molar-refractivity contribution is -0.127. The van der Waals surface area contributed by atoms with Crippen molar-refractivity contribution < 1.29 is 14.1 Å². The van der Waals surface area contributed by atoms with Crippen LogP contribution in [0.4, 0.5) is 5.82 Å². The molecule has 9 heteroatoms. The fourth-order valence-corrected chi connectivity index (χ4v) is 3.35. The first kappa shape index (κ1) is 18.5. The molecule has 7 nitrogen and oxygen atoms in total. The van der Waals surface area contributed by atoms with Gasteiger partial charge in [-0.1, -0.05) is 12.1 Å². The molecule has 2 heterocycles. The van der Waals surface area contributed by atoms with E-state index in [0.717, 1.165) is 17.1 Å². The fraction of sp³-hybridized carbons (Fsp3) is 0.467. The van der Waals surface area contributed by atoms with Gasteiger partial charge in [0, 0.05) is 18.5 Å². The highest BCUT2D eigenvalue weighted by atomic mass is 32.2. The number of carbonyl (C=O) groups is 2. The van der Waals surface area contributed by atoms with E-state index in [0.29, 0.717) is 18.1 Å². The Hall–Kier alpha value is -1.87. The summed E-state index contributed by atoms with van der Waals surface area (Å²) >= 11 is 2.87. The van der Waals surface area contributed by atoms with Crippen molar-refractivity contribution in [2.75, 3.05) is 23.9 Å². The van der Waals surface area contributed by atoms with Gasteiger partial charge in [0.15, 0.2) is 5.82 Å². The highest BCUT2D eigenvalue weighted by Gasteiger charge is 2.13. The van der Waals surface area contributed by atoms with Crippen LogP contribution in [0, 0.1) is 6.92 Å². The zero-order chi connectivity index (χ0) is 17.5. The second-order valence-electron chi connectivity index (χ2n) is 5.20. The molecule has 0 saturated heterocycles. The van der Waals surface area contributed by atoms with Crippen LogP contribution in [0.3, 0.4) is 0 Å². The third-order valence-electron chi connectivity index (χ3n) is 3.08. The topological polar surface area (TPSA) is 88.3 Å². The van der Waals surface area contributed by atoms with E-state index in [-0.39, 0.29) is 23.3 Å². The van der Waals surface area contributed by atoms with E-state index in [1.54, 1.807) is 36.3 Å². The minimum absolute atomic E-state index is 0.0314. The minimum atomic E-state index is -0.212. The molecule has 0 aliphatic carbocycles. The number of hydrogen-bond donors (Lipinski definition) is 1. The first-order valence-corrected chi connectivity index (χ1v) is 9.49. The van der Waals surface area contributed by atoms with Crippen LogP contribution in [0.1, 0.15) is 23.4 Å². The first-order chi connectivity index (χ1) is 11.5. The predicted molar refractivity (Wildman–Crippen MR) is 95.2 cm³/mol. The number of thiazole rings is 1. The Morgan fingerprint density at radius 3 is 2.83 bits per heavy atom. The number of rotatable bonds is 8. The quantitative estimate of drug-likeness (QED) is 0.769. The second kappa shape index (κ2) is 8.84. The van der Waals surface area contributed by atoms with Crippen molar-refractivity contribution in [2.45, 2.75) is 26.8 Å². The summed E-state index contributed by atoms with van der Waals surface area (Å²) in [6.45, 7) is 4.29. The van der Waals surface area contributed by atoms with Crippen molar-refractivity contribution in [1.82, 2.24) is 15.0 Å². The lowest BCUT2D eigenvalue weighted by Gasteiger charge is -2.15. The van der Waals surface area contributed by atoms with Crippen LogP contribution in [-0.4, -0.2) is 45.4 Å². The molecule has 0 fully saturated rings. The van der Waals surface area contributed by atoms with Crippen LogP contribution < -0.4 is 5.32 Å². The highest BCUT2D eigenvalue weighted by Crippen LogP contribution is 2.13. The number of nitrogens with zero attached hydrogens (tertiary/aromatic N) is 3. The second-order valence-corrected chi connectivity index (χ2v) is 7.13. The Labute approximate surface area is 148 Å². The summed E-state index contributed by atoms with van der Waals surface area (Å²) in [7, 11) is 1.74. The molecule has 0 bridgehead atoms. The summed E-state index contributed by atoms with van der Waals surface area (Å²) in [5.41, 5.74) is 0.900. The van der Waals surface area contributed by atoms with Crippen LogP contribution in [0.5, 0.6) is 0 Å². The van der Waals surface area contributed by atoms with Gasteiger partial charge in [0.1, 0.15) is 5.76 Å². The molecule has 0 unspecified atom stereocenters. The monoisotopic (exact) mass is 368 g/mol. The van der Waals surface area contributed by atoms with E-state index in [4.69, 9.17) is 4.52 Å². The van der Waals surface area contributed by atoms with Gasteiger partial charge in [-0.25, -0.2) is 4.98 Å². The van der Waals surface area contributed by atoms with Gasteiger partial charge in [-0.15, -0.1) is 23.1 Å². The van der Waals surface area contributed by atoms with Crippen LogP contribution in [0.25, 0.3) is 0 Å². The molecule has 0 aliphatic rings. The van der Waals surface area contributed by atoms with Crippen molar-refractivity contribution in [2.24, 2.45) is 0 Å². The average molecular weight is 368 g/mol. The fourth-order valence-electron chi connectivity index (χ4n) is 1.86. The van der Waals surface area contributed by atoms with Crippen molar-refractivity contribution in [3.63, 3.8) is 0 Å². The van der Waals surface area contributed by atoms with Gasteiger partial charge >= 0.3 is 0 Å². The number of carbonyl (C=O) groups excluding carboxylic acids is 2. The number of amides is 2. The van der Waals surface area contributed by atoms with Crippen molar-refractivity contribution in [3.8, 4) is 0 Å². The average Bonchev–Trinajstić information content (AvgIpc) is 3.16.